The van der Waals surface area contributed by atoms with E-state index in [-0.39, 0.29) is 5.91 Å². The molecule has 1 aromatic heterocycles. The molecule has 0 spiro atoms. The van der Waals surface area contributed by atoms with E-state index in [1.54, 1.807) is 14.2 Å². The summed E-state index contributed by atoms with van der Waals surface area (Å²) in [6.07, 6.45) is 1.38. The Kier molecular flexibility index (Phi) is 6.72. The average Bonchev–Trinajstić information content (AvgIpc) is 3.48. The van der Waals surface area contributed by atoms with Gasteiger partial charge in [0.25, 0.3) is 0 Å². The summed E-state index contributed by atoms with van der Waals surface area (Å²) in [5.74, 6) is 1.83. The Morgan fingerprint density at radius 2 is 1.97 bits per heavy atom. The van der Waals surface area contributed by atoms with Gasteiger partial charge in [0.05, 0.1) is 26.3 Å². The molecule has 3 aromatic rings. The van der Waals surface area contributed by atoms with Crippen LogP contribution in [0.25, 0.3) is 10.6 Å². The SMILES string of the molecule is COc1ccc(-c2nc(CC(=O)NCC3CCN(c4ccccc4)C3)cs2)cc1OC. The van der Waals surface area contributed by atoms with E-state index < -0.39 is 0 Å². The first-order valence-corrected chi connectivity index (χ1v) is 11.3. The van der Waals surface area contributed by atoms with Gasteiger partial charge >= 0.3 is 0 Å². The number of hydrogen-bond acceptors (Lipinski definition) is 6. The summed E-state index contributed by atoms with van der Waals surface area (Å²) in [6.45, 7) is 2.71. The van der Waals surface area contributed by atoms with Gasteiger partial charge in [0, 0.05) is 36.3 Å². The summed E-state index contributed by atoms with van der Waals surface area (Å²) < 4.78 is 10.7. The van der Waals surface area contributed by atoms with Crippen LogP contribution >= 0.6 is 11.3 Å². The molecule has 1 fully saturated rings. The highest BCUT2D eigenvalue weighted by Crippen LogP contribution is 2.33. The summed E-state index contributed by atoms with van der Waals surface area (Å²) in [7, 11) is 3.23. The standard InChI is InChI=1S/C24H27N3O3S/c1-29-21-9-8-18(12-22(21)30-2)24-26-19(16-31-24)13-23(28)25-14-17-10-11-27(15-17)20-6-4-3-5-7-20/h3-9,12,16-17H,10-11,13-15H2,1-2H3,(H,25,28). The number of aromatic nitrogens is 1. The second-order valence-corrected chi connectivity index (χ2v) is 8.49. The Morgan fingerprint density at radius 3 is 2.74 bits per heavy atom. The first kappa shape index (κ1) is 21.2. The first-order chi connectivity index (χ1) is 15.2. The van der Waals surface area contributed by atoms with Crippen molar-refractivity contribution in [3.8, 4) is 22.1 Å². The number of nitrogens with zero attached hydrogens (tertiary/aromatic N) is 2. The fraction of sp³-hybridized carbons (Fsp3) is 0.333. The number of thiazole rings is 1. The molecule has 1 amide bonds. The van der Waals surface area contributed by atoms with Gasteiger partial charge in [-0.3, -0.25) is 4.79 Å². The molecule has 0 bridgehead atoms. The van der Waals surface area contributed by atoms with E-state index in [9.17, 15) is 4.79 Å². The van der Waals surface area contributed by atoms with E-state index in [1.165, 1.54) is 17.0 Å². The van der Waals surface area contributed by atoms with E-state index >= 15 is 0 Å². The van der Waals surface area contributed by atoms with Crippen LogP contribution < -0.4 is 19.7 Å². The van der Waals surface area contributed by atoms with Gasteiger partial charge in [0.2, 0.25) is 5.91 Å². The molecular formula is C24H27N3O3S. The van der Waals surface area contributed by atoms with Gasteiger partial charge in [-0.25, -0.2) is 4.98 Å². The normalized spacial score (nSPS) is 15.7. The minimum Gasteiger partial charge on any atom is -0.493 e. The highest BCUT2D eigenvalue weighted by molar-refractivity contribution is 7.13. The summed E-state index contributed by atoms with van der Waals surface area (Å²) in [5.41, 5.74) is 2.98. The average molecular weight is 438 g/mol. The van der Waals surface area contributed by atoms with Crippen LogP contribution in [-0.2, 0) is 11.2 Å². The third-order valence-corrected chi connectivity index (χ3v) is 6.46. The fourth-order valence-corrected chi connectivity index (χ4v) is 4.66. The van der Waals surface area contributed by atoms with Crippen molar-refractivity contribution in [1.29, 1.82) is 0 Å². The van der Waals surface area contributed by atoms with E-state index in [1.807, 2.05) is 29.6 Å². The molecule has 162 valence electrons. The Morgan fingerprint density at radius 1 is 1.16 bits per heavy atom. The van der Waals surface area contributed by atoms with Gasteiger partial charge in [0.15, 0.2) is 11.5 Å². The maximum absolute atomic E-state index is 12.5. The lowest BCUT2D eigenvalue weighted by Crippen LogP contribution is -2.32. The molecule has 7 heteroatoms. The molecule has 1 N–H and O–H groups in total. The molecule has 1 atom stereocenters. The lowest BCUT2D eigenvalue weighted by Gasteiger charge is -2.18. The zero-order valence-corrected chi connectivity index (χ0v) is 18.7. The number of rotatable bonds is 8. The predicted molar refractivity (Wildman–Crippen MR) is 124 cm³/mol. The second kappa shape index (κ2) is 9.83. The Balaban J connectivity index is 1.29. The van der Waals surface area contributed by atoms with Crippen LogP contribution in [0.4, 0.5) is 5.69 Å². The number of anilines is 1. The molecule has 1 unspecified atom stereocenters. The van der Waals surface area contributed by atoms with E-state index in [0.717, 1.165) is 35.8 Å². The van der Waals surface area contributed by atoms with Crippen molar-refractivity contribution >= 4 is 22.9 Å². The Bertz CT molecular complexity index is 1020. The molecule has 31 heavy (non-hydrogen) atoms. The number of ether oxygens (including phenoxy) is 2. The number of methoxy groups -OCH3 is 2. The zero-order chi connectivity index (χ0) is 21.6. The van der Waals surface area contributed by atoms with Crippen molar-refractivity contribution in [2.45, 2.75) is 12.8 Å². The van der Waals surface area contributed by atoms with E-state index in [0.29, 0.717) is 30.4 Å². The van der Waals surface area contributed by atoms with Crippen LogP contribution in [0.2, 0.25) is 0 Å². The molecule has 2 aromatic carbocycles. The fourth-order valence-electron chi connectivity index (χ4n) is 3.85. The van der Waals surface area contributed by atoms with E-state index in [2.05, 4.69) is 39.5 Å². The molecule has 0 saturated carbocycles. The largest absolute Gasteiger partial charge is 0.493 e. The van der Waals surface area contributed by atoms with Crippen molar-refractivity contribution in [2.75, 3.05) is 38.8 Å². The molecule has 6 nitrogen and oxygen atoms in total. The zero-order valence-electron chi connectivity index (χ0n) is 17.8. The third-order valence-electron chi connectivity index (χ3n) is 5.52. The first-order valence-electron chi connectivity index (χ1n) is 10.4. The second-order valence-electron chi connectivity index (χ2n) is 7.63. The van der Waals surface area contributed by atoms with Crippen molar-refractivity contribution < 1.29 is 14.3 Å². The number of nitrogens with one attached hydrogen (secondary N) is 1. The van der Waals surface area contributed by atoms with Crippen LogP contribution in [-0.4, -0.2) is 44.7 Å². The molecule has 0 radical (unpaired) electrons. The number of benzene rings is 2. The smallest absolute Gasteiger partial charge is 0.226 e. The van der Waals surface area contributed by atoms with Gasteiger partial charge in [0.1, 0.15) is 5.01 Å². The van der Waals surface area contributed by atoms with Gasteiger partial charge in [-0.1, -0.05) is 18.2 Å². The summed E-state index contributed by atoms with van der Waals surface area (Å²) >= 11 is 1.52. The molecule has 1 aliphatic heterocycles. The monoisotopic (exact) mass is 437 g/mol. The number of carbonyl (C=O) groups is 1. The molecular weight excluding hydrogens is 410 g/mol. The number of carbonyl (C=O) groups excluding carboxylic acids is 1. The Labute approximate surface area is 186 Å². The highest BCUT2D eigenvalue weighted by atomic mass is 32.1. The lowest BCUT2D eigenvalue weighted by atomic mass is 10.1. The topological polar surface area (TPSA) is 63.7 Å². The van der Waals surface area contributed by atoms with Crippen molar-refractivity contribution in [3.05, 3.63) is 59.6 Å². The molecule has 1 aliphatic rings. The maximum atomic E-state index is 12.5. The van der Waals surface area contributed by atoms with Gasteiger partial charge < -0.3 is 19.7 Å². The lowest BCUT2D eigenvalue weighted by molar-refractivity contribution is -0.120. The van der Waals surface area contributed by atoms with Gasteiger partial charge in [-0.15, -0.1) is 11.3 Å². The van der Waals surface area contributed by atoms with Crippen LogP contribution in [0.3, 0.4) is 0 Å². The number of hydrogen-bond donors (Lipinski definition) is 1. The minimum absolute atomic E-state index is 0.0160. The highest BCUT2D eigenvalue weighted by Gasteiger charge is 2.23. The number of amides is 1. The van der Waals surface area contributed by atoms with Crippen LogP contribution in [0.15, 0.2) is 53.9 Å². The molecule has 2 heterocycles. The quantitative estimate of drug-likeness (QED) is 0.577. The van der Waals surface area contributed by atoms with E-state index in [4.69, 9.17) is 9.47 Å². The van der Waals surface area contributed by atoms with Crippen LogP contribution in [0, 0.1) is 5.92 Å². The molecule has 4 rings (SSSR count). The summed E-state index contributed by atoms with van der Waals surface area (Å²) in [5, 5.41) is 5.89. The van der Waals surface area contributed by atoms with Crippen LogP contribution in [0.5, 0.6) is 11.5 Å². The predicted octanol–water partition coefficient (Wildman–Crippen LogP) is 4.01. The summed E-state index contributed by atoms with van der Waals surface area (Å²) in [6, 6.07) is 16.2. The third kappa shape index (κ3) is 5.17. The minimum atomic E-state index is 0.0160. The van der Waals surface area contributed by atoms with Crippen molar-refractivity contribution in [1.82, 2.24) is 10.3 Å². The van der Waals surface area contributed by atoms with Gasteiger partial charge in [-0.05, 0) is 42.7 Å². The Hall–Kier alpha value is -3.06. The van der Waals surface area contributed by atoms with Crippen molar-refractivity contribution in [3.63, 3.8) is 0 Å². The van der Waals surface area contributed by atoms with Gasteiger partial charge in [-0.2, -0.15) is 0 Å². The molecule has 1 saturated heterocycles. The number of para-hydroxylation sites is 1. The van der Waals surface area contributed by atoms with Crippen LogP contribution in [0.1, 0.15) is 12.1 Å². The van der Waals surface area contributed by atoms with Crippen molar-refractivity contribution in [2.24, 2.45) is 5.92 Å². The summed E-state index contributed by atoms with van der Waals surface area (Å²) in [4.78, 5) is 19.5. The molecule has 0 aliphatic carbocycles. The maximum Gasteiger partial charge on any atom is 0.226 e.